The Balaban J connectivity index is 2.69. The molecule has 3 N–H and O–H groups in total. The van der Waals surface area contributed by atoms with Crippen LogP contribution >= 0.6 is 0 Å². The minimum atomic E-state index is -1.38. The van der Waals surface area contributed by atoms with Crippen LogP contribution in [0, 0.1) is 11.6 Å². The van der Waals surface area contributed by atoms with Crippen molar-refractivity contribution in [2.75, 3.05) is 7.05 Å². The molecule has 1 aromatic carbocycles. The molecule has 0 saturated heterocycles. The van der Waals surface area contributed by atoms with E-state index in [0.29, 0.717) is 5.57 Å². The highest BCUT2D eigenvalue weighted by atomic mass is 19.1. The molecule has 0 radical (unpaired) electrons. The topological polar surface area (TPSA) is 61.8 Å². The Labute approximate surface area is 133 Å². The maximum Gasteiger partial charge on any atom is 0.194 e. The second kappa shape index (κ2) is 6.34. The largest absolute Gasteiger partial charge is 0.370 e. The predicted molar refractivity (Wildman–Crippen MR) is 86.5 cm³/mol. The maximum absolute atomic E-state index is 13.7. The number of aliphatic hydroxyl groups is 1. The summed E-state index contributed by atoms with van der Waals surface area (Å²) < 4.78 is 27.4. The molecule has 0 bridgehead atoms. The molecule has 0 saturated carbocycles. The van der Waals surface area contributed by atoms with Crippen LogP contribution in [-0.4, -0.2) is 29.2 Å². The lowest BCUT2D eigenvalue weighted by atomic mass is 9.82. The number of rotatable bonds is 4. The molecule has 2 unspecified atom stereocenters. The van der Waals surface area contributed by atoms with Crippen LogP contribution in [0.1, 0.15) is 12.5 Å². The quantitative estimate of drug-likeness (QED) is 0.838. The molecule has 4 nitrogen and oxygen atoms in total. The van der Waals surface area contributed by atoms with Crippen molar-refractivity contribution in [3.63, 3.8) is 0 Å². The first kappa shape index (κ1) is 16.9. The summed E-state index contributed by atoms with van der Waals surface area (Å²) >= 11 is 0. The minimum absolute atomic E-state index is 0.0858. The highest BCUT2D eigenvalue weighted by Gasteiger charge is 2.49. The summed E-state index contributed by atoms with van der Waals surface area (Å²) in [5, 5.41) is 10.6. The summed E-state index contributed by atoms with van der Waals surface area (Å²) in [6.07, 6.45) is 5.51. The van der Waals surface area contributed by atoms with Crippen molar-refractivity contribution < 1.29 is 13.9 Å². The van der Waals surface area contributed by atoms with Crippen molar-refractivity contribution in [3.05, 3.63) is 71.9 Å². The number of aliphatic hydroxyl groups excluding tert-OH is 1. The Morgan fingerprint density at radius 1 is 1.35 bits per heavy atom. The summed E-state index contributed by atoms with van der Waals surface area (Å²) in [7, 11) is 1.56. The van der Waals surface area contributed by atoms with E-state index in [1.54, 1.807) is 38.3 Å². The Hall–Kier alpha value is -2.47. The smallest absolute Gasteiger partial charge is 0.194 e. The molecule has 0 amide bonds. The molecular formula is C17H19F2N3O. The van der Waals surface area contributed by atoms with Gasteiger partial charge >= 0.3 is 0 Å². The lowest BCUT2D eigenvalue weighted by Crippen LogP contribution is -2.45. The van der Waals surface area contributed by atoms with E-state index < -0.39 is 23.4 Å². The highest BCUT2D eigenvalue weighted by Crippen LogP contribution is 2.42. The van der Waals surface area contributed by atoms with Gasteiger partial charge in [0.15, 0.2) is 17.7 Å². The zero-order chi connectivity index (χ0) is 17.2. The Bertz CT molecular complexity index is 692. The first-order valence-corrected chi connectivity index (χ1v) is 7.02. The van der Waals surface area contributed by atoms with Gasteiger partial charge in [0.1, 0.15) is 11.6 Å². The minimum Gasteiger partial charge on any atom is -0.370 e. The fourth-order valence-electron chi connectivity index (χ4n) is 2.64. The van der Waals surface area contributed by atoms with Gasteiger partial charge in [0.2, 0.25) is 0 Å². The zero-order valence-electron chi connectivity index (χ0n) is 13.0. The molecule has 122 valence electrons. The van der Waals surface area contributed by atoms with Gasteiger partial charge in [-0.25, -0.2) is 13.8 Å². The first-order chi connectivity index (χ1) is 10.8. The van der Waals surface area contributed by atoms with Crippen LogP contribution in [0.3, 0.4) is 0 Å². The number of guanidine groups is 1. The van der Waals surface area contributed by atoms with Crippen LogP contribution in [0.5, 0.6) is 0 Å². The van der Waals surface area contributed by atoms with Gasteiger partial charge in [-0.05, 0) is 30.2 Å². The fourth-order valence-corrected chi connectivity index (χ4v) is 2.64. The molecule has 1 aromatic rings. The van der Waals surface area contributed by atoms with Gasteiger partial charge < -0.3 is 15.7 Å². The monoisotopic (exact) mass is 319 g/mol. The van der Waals surface area contributed by atoms with Gasteiger partial charge in [-0.3, -0.25) is 0 Å². The second-order valence-corrected chi connectivity index (χ2v) is 5.35. The molecule has 2 atom stereocenters. The summed E-state index contributed by atoms with van der Waals surface area (Å²) in [5.41, 5.74) is 5.21. The first-order valence-electron chi connectivity index (χ1n) is 7.02. The number of likely N-dealkylation sites (N-methyl/N-ethyl adjacent to an activating group) is 1. The fraction of sp³-hybridized carbons (Fsp3) is 0.235. The van der Waals surface area contributed by atoms with E-state index in [2.05, 4.69) is 11.6 Å². The van der Waals surface area contributed by atoms with Crippen LogP contribution in [-0.2, 0) is 5.54 Å². The van der Waals surface area contributed by atoms with Gasteiger partial charge in [-0.15, -0.1) is 0 Å². The van der Waals surface area contributed by atoms with E-state index in [1.165, 1.54) is 4.90 Å². The third kappa shape index (κ3) is 2.90. The SMILES string of the molecule is C=C/C=C\C=C(/C)C1(c2cc(F)cc(F)c2)N=C(N)N(C)C1O. The van der Waals surface area contributed by atoms with Crippen LogP contribution < -0.4 is 5.73 Å². The van der Waals surface area contributed by atoms with Gasteiger partial charge in [0, 0.05) is 13.1 Å². The van der Waals surface area contributed by atoms with Crippen molar-refractivity contribution in [3.8, 4) is 0 Å². The normalized spacial score (nSPS) is 25.1. The average molecular weight is 319 g/mol. The number of nitrogens with two attached hydrogens (primary N) is 1. The number of aliphatic imine (C=N–C) groups is 1. The van der Waals surface area contributed by atoms with Crippen molar-refractivity contribution in [2.45, 2.75) is 18.7 Å². The molecule has 0 spiro atoms. The Kier molecular flexibility index (Phi) is 4.65. The molecule has 1 aliphatic heterocycles. The summed E-state index contributed by atoms with van der Waals surface area (Å²) in [6.45, 7) is 5.29. The molecule has 6 heteroatoms. The van der Waals surface area contributed by atoms with Gasteiger partial charge in [0.25, 0.3) is 0 Å². The standard InChI is InChI=1S/C17H19F2N3O/c1-4-5-6-7-11(2)17(15(23)22(3)16(20)21-17)12-8-13(18)10-14(19)9-12/h4-10,15,23H,1H2,2-3H3,(H2,20,21)/b6-5-,11-7+. The number of halogens is 2. The van der Waals surface area contributed by atoms with Crippen LogP contribution in [0.2, 0.25) is 0 Å². The molecule has 2 rings (SSSR count). The summed E-state index contributed by atoms with van der Waals surface area (Å²) in [6, 6.07) is 3.07. The van der Waals surface area contributed by atoms with E-state index >= 15 is 0 Å². The highest BCUT2D eigenvalue weighted by molar-refractivity contribution is 5.82. The molecule has 1 heterocycles. The molecule has 0 aromatic heterocycles. The van der Waals surface area contributed by atoms with E-state index in [0.717, 1.165) is 18.2 Å². The van der Waals surface area contributed by atoms with Crippen LogP contribution in [0.25, 0.3) is 0 Å². The van der Waals surface area contributed by atoms with Crippen LogP contribution in [0.15, 0.2) is 59.6 Å². The third-order valence-corrected chi connectivity index (χ3v) is 3.89. The van der Waals surface area contributed by atoms with Crippen molar-refractivity contribution >= 4 is 5.96 Å². The third-order valence-electron chi connectivity index (χ3n) is 3.89. The van der Waals surface area contributed by atoms with Crippen LogP contribution in [0.4, 0.5) is 8.78 Å². The van der Waals surface area contributed by atoms with Gasteiger partial charge in [-0.2, -0.15) is 0 Å². The van der Waals surface area contributed by atoms with E-state index in [9.17, 15) is 13.9 Å². The zero-order valence-corrected chi connectivity index (χ0v) is 13.0. The summed E-state index contributed by atoms with van der Waals surface area (Å²) in [4.78, 5) is 5.68. The number of benzene rings is 1. The average Bonchev–Trinajstić information content (AvgIpc) is 2.72. The number of nitrogens with zero attached hydrogens (tertiary/aromatic N) is 2. The van der Waals surface area contributed by atoms with Gasteiger partial charge in [0.05, 0.1) is 0 Å². The van der Waals surface area contributed by atoms with E-state index in [1.807, 2.05) is 0 Å². The summed E-state index contributed by atoms with van der Waals surface area (Å²) in [5.74, 6) is -1.41. The predicted octanol–water partition coefficient (Wildman–Crippen LogP) is 2.43. The molecular weight excluding hydrogens is 300 g/mol. The second-order valence-electron chi connectivity index (χ2n) is 5.35. The number of allylic oxidation sites excluding steroid dienone is 4. The van der Waals surface area contributed by atoms with E-state index in [-0.39, 0.29) is 11.5 Å². The lowest BCUT2D eigenvalue weighted by molar-refractivity contribution is 0.0294. The molecule has 1 aliphatic rings. The number of hydrogen-bond acceptors (Lipinski definition) is 4. The molecule has 0 fully saturated rings. The number of hydrogen-bond donors (Lipinski definition) is 2. The van der Waals surface area contributed by atoms with Crippen molar-refractivity contribution in [1.82, 2.24) is 4.90 Å². The lowest BCUT2D eigenvalue weighted by Gasteiger charge is -2.33. The molecule has 23 heavy (non-hydrogen) atoms. The molecule has 0 aliphatic carbocycles. The van der Waals surface area contributed by atoms with Crippen molar-refractivity contribution in [2.24, 2.45) is 10.7 Å². The van der Waals surface area contributed by atoms with Gasteiger partial charge in [-0.1, -0.05) is 30.9 Å². The van der Waals surface area contributed by atoms with E-state index in [4.69, 9.17) is 5.73 Å². The van der Waals surface area contributed by atoms with Crippen molar-refractivity contribution in [1.29, 1.82) is 0 Å². The Morgan fingerprint density at radius 3 is 2.43 bits per heavy atom. The Morgan fingerprint density at radius 2 is 1.96 bits per heavy atom. The maximum atomic E-state index is 13.7.